The van der Waals surface area contributed by atoms with Crippen molar-refractivity contribution in [3.63, 3.8) is 0 Å². The second-order valence-electron chi connectivity index (χ2n) is 6.43. The topological polar surface area (TPSA) is 90.5 Å². The van der Waals surface area contributed by atoms with Crippen LogP contribution in [0.1, 0.15) is 5.56 Å². The number of anilines is 1. The van der Waals surface area contributed by atoms with Gasteiger partial charge in [-0.1, -0.05) is 12.1 Å². The van der Waals surface area contributed by atoms with E-state index in [1.165, 1.54) is 48.8 Å². The Morgan fingerprint density at radius 1 is 1.17 bits per heavy atom. The molecule has 2 aromatic carbocycles. The molecule has 0 spiro atoms. The number of fused-ring (bicyclic) bond motifs is 1. The van der Waals surface area contributed by atoms with Crippen LogP contribution in [0.5, 0.6) is 11.6 Å². The zero-order chi connectivity index (χ0) is 21.3. The summed E-state index contributed by atoms with van der Waals surface area (Å²) < 4.78 is 34.4. The fourth-order valence-electron chi connectivity index (χ4n) is 2.80. The van der Waals surface area contributed by atoms with Gasteiger partial charge in [0, 0.05) is 24.1 Å². The van der Waals surface area contributed by atoms with Crippen LogP contribution in [0.4, 0.5) is 14.5 Å². The molecular formula is C20H15F2N5O3. The lowest BCUT2D eigenvalue weighted by Crippen LogP contribution is -2.28. The molecule has 0 bridgehead atoms. The first kappa shape index (κ1) is 19.2. The van der Waals surface area contributed by atoms with Crippen molar-refractivity contribution in [3.05, 3.63) is 82.5 Å². The van der Waals surface area contributed by atoms with Crippen LogP contribution in [-0.4, -0.2) is 25.1 Å². The molecule has 1 N–H and O–H groups in total. The first-order chi connectivity index (χ1) is 14.4. The third-order valence-electron chi connectivity index (χ3n) is 4.25. The monoisotopic (exact) mass is 411 g/mol. The summed E-state index contributed by atoms with van der Waals surface area (Å²) in [4.78, 5) is 29.0. The van der Waals surface area contributed by atoms with Gasteiger partial charge in [-0.25, -0.2) is 27.6 Å². The highest BCUT2D eigenvalue weighted by Crippen LogP contribution is 2.22. The van der Waals surface area contributed by atoms with Crippen molar-refractivity contribution in [1.29, 1.82) is 0 Å². The highest BCUT2D eigenvalue weighted by atomic mass is 19.1. The van der Waals surface area contributed by atoms with Crippen LogP contribution in [0.3, 0.4) is 0 Å². The Kier molecular flexibility index (Phi) is 4.97. The Balaban J connectivity index is 1.61. The number of nitrogens with zero attached hydrogens (tertiary/aromatic N) is 4. The first-order valence-electron chi connectivity index (χ1n) is 8.84. The maximum Gasteiger partial charge on any atom is 0.351 e. The van der Waals surface area contributed by atoms with Crippen molar-refractivity contribution >= 4 is 17.2 Å². The van der Waals surface area contributed by atoms with Gasteiger partial charge in [-0.05, 0) is 36.8 Å². The lowest BCUT2D eigenvalue weighted by atomic mass is 10.2. The van der Waals surface area contributed by atoms with Gasteiger partial charge in [-0.15, -0.1) is 5.10 Å². The number of halogens is 2. The lowest BCUT2D eigenvalue weighted by Gasteiger charge is -2.08. The number of carbonyl (C=O) groups is 1. The average molecular weight is 411 g/mol. The number of carbonyl (C=O) groups excluding carboxylic acids is 1. The van der Waals surface area contributed by atoms with Crippen LogP contribution in [0.25, 0.3) is 5.65 Å². The summed E-state index contributed by atoms with van der Waals surface area (Å²) in [7, 11) is 0. The molecule has 0 atom stereocenters. The highest BCUT2D eigenvalue weighted by molar-refractivity contribution is 5.91. The maximum atomic E-state index is 13.4. The number of rotatable bonds is 5. The van der Waals surface area contributed by atoms with E-state index in [-0.39, 0.29) is 17.3 Å². The van der Waals surface area contributed by atoms with E-state index in [0.29, 0.717) is 11.3 Å². The summed E-state index contributed by atoms with van der Waals surface area (Å²) in [5.74, 6) is -1.40. The number of hydrogen-bond acceptors (Lipinski definition) is 5. The summed E-state index contributed by atoms with van der Waals surface area (Å²) in [5, 5.41) is 6.66. The second-order valence-corrected chi connectivity index (χ2v) is 6.43. The zero-order valence-electron chi connectivity index (χ0n) is 15.7. The minimum absolute atomic E-state index is 0.0275. The maximum absolute atomic E-state index is 13.4. The quantitative estimate of drug-likeness (QED) is 0.545. The summed E-state index contributed by atoms with van der Waals surface area (Å²) in [5.41, 5.74) is 0.430. The minimum Gasteiger partial charge on any atom is -0.436 e. The second kappa shape index (κ2) is 7.74. The SMILES string of the molecule is Cc1ccc(F)cc1NC(=O)Cn1nc2c(Oc3cccc(F)c3)nccn2c1=O. The van der Waals surface area contributed by atoms with Crippen LogP contribution in [0.2, 0.25) is 0 Å². The molecule has 0 aliphatic carbocycles. The van der Waals surface area contributed by atoms with E-state index < -0.39 is 29.8 Å². The molecule has 0 fully saturated rings. The number of amides is 1. The molecule has 0 radical (unpaired) electrons. The Morgan fingerprint density at radius 2 is 1.97 bits per heavy atom. The van der Waals surface area contributed by atoms with Crippen LogP contribution in [0.15, 0.2) is 59.7 Å². The molecule has 0 saturated heterocycles. The van der Waals surface area contributed by atoms with Gasteiger partial charge in [-0.2, -0.15) is 0 Å². The van der Waals surface area contributed by atoms with E-state index in [0.717, 1.165) is 15.1 Å². The Labute approximate surface area is 168 Å². The standard InChI is InChI=1S/C20H15F2N5O3/c1-12-5-6-14(22)10-16(12)24-17(28)11-27-20(29)26-8-7-23-19(18(26)25-27)30-15-4-2-3-13(21)9-15/h2-10H,11H2,1H3,(H,24,28). The van der Waals surface area contributed by atoms with E-state index in [4.69, 9.17) is 4.74 Å². The molecule has 0 aliphatic heterocycles. The van der Waals surface area contributed by atoms with Crippen LogP contribution in [-0.2, 0) is 11.3 Å². The third-order valence-corrected chi connectivity index (χ3v) is 4.25. The number of ether oxygens (including phenoxy) is 1. The van der Waals surface area contributed by atoms with E-state index in [1.807, 2.05) is 0 Å². The van der Waals surface area contributed by atoms with E-state index in [2.05, 4.69) is 15.4 Å². The molecule has 4 rings (SSSR count). The molecule has 4 aromatic rings. The number of aryl methyl sites for hydroxylation is 1. The largest absolute Gasteiger partial charge is 0.436 e. The smallest absolute Gasteiger partial charge is 0.351 e. The van der Waals surface area contributed by atoms with Crippen LogP contribution >= 0.6 is 0 Å². The van der Waals surface area contributed by atoms with Gasteiger partial charge < -0.3 is 10.1 Å². The van der Waals surface area contributed by atoms with E-state index in [9.17, 15) is 18.4 Å². The first-order valence-corrected chi connectivity index (χ1v) is 8.84. The molecule has 0 aliphatic rings. The molecule has 10 heteroatoms. The van der Waals surface area contributed by atoms with Crippen molar-refractivity contribution in [2.24, 2.45) is 0 Å². The molecule has 0 saturated carbocycles. The fourth-order valence-corrected chi connectivity index (χ4v) is 2.80. The van der Waals surface area contributed by atoms with Gasteiger partial charge in [0.15, 0.2) is 0 Å². The molecule has 30 heavy (non-hydrogen) atoms. The molecule has 0 unspecified atom stereocenters. The number of hydrogen-bond donors (Lipinski definition) is 1. The Bertz CT molecular complexity index is 1320. The molecular weight excluding hydrogens is 396 g/mol. The van der Waals surface area contributed by atoms with Crippen molar-refractivity contribution in [1.82, 2.24) is 19.2 Å². The molecule has 2 aromatic heterocycles. The van der Waals surface area contributed by atoms with Gasteiger partial charge in [0.1, 0.15) is 23.9 Å². The third kappa shape index (κ3) is 3.88. The highest BCUT2D eigenvalue weighted by Gasteiger charge is 2.16. The van der Waals surface area contributed by atoms with Crippen LogP contribution in [0, 0.1) is 18.6 Å². The predicted octanol–water partition coefficient (Wildman–Crippen LogP) is 2.91. The van der Waals surface area contributed by atoms with E-state index in [1.54, 1.807) is 6.92 Å². The molecule has 1 amide bonds. The Morgan fingerprint density at radius 3 is 2.77 bits per heavy atom. The Hall–Kier alpha value is -4.08. The van der Waals surface area contributed by atoms with Crippen molar-refractivity contribution < 1.29 is 18.3 Å². The van der Waals surface area contributed by atoms with Gasteiger partial charge in [0.2, 0.25) is 11.6 Å². The number of nitrogens with one attached hydrogen (secondary N) is 1. The van der Waals surface area contributed by atoms with E-state index >= 15 is 0 Å². The lowest BCUT2D eigenvalue weighted by molar-refractivity contribution is -0.117. The minimum atomic E-state index is -0.595. The summed E-state index contributed by atoms with van der Waals surface area (Å²) in [6.07, 6.45) is 2.69. The van der Waals surface area contributed by atoms with Crippen molar-refractivity contribution in [2.45, 2.75) is 13.5 Å². The molecule has 2 heterocycles. The number of benzene rings is 2. The van der Waals surface area contributed by atoms with Crippen LogP contribution < -0.4 is 15.7 Å². The summed E-state index contributed by atoms with van der Waals surface area (Å²) in [6.45, 7) is 1.31. The van der Waals surface area contributed by atoms with Gasteiger partial charge in [0.05, 0.1) is 0 Å². The van der Waals surface area contributed by atoms with Crippen molar-refractivity contribution in [3.8, 4) is 11.6 Å². The zero-order valence-corrected chi connectivity index (χ0v) is 15.7. The predicted molar refractivity (Wildman–Crippen MR) is 103 cm³/mol. The summed E-state index contributed by atoms with van der Waals surface area (Å²) >= 11 is 0. The fraction of sp³-hybridized carbons (Fsp3) is 0.100. The molecule has 152 valence electrons. The van der Waals surface area contributed by atoms with Gasteiger partial charge in [-0.3, -0.25) is 4.79 Å². The van der Waals surface area contributed by atoms with Gasteiger partial charge >= 0.3 is 5.69 Å². The average Bonchev–Trinajstić information content (AvgIpc) is 3.01. The number of aromatic nitrogens is 4. The van der Waals surface area contributed by atoms with Gasteiger partial charge in [0.25, 0.3) is 5.88 Å². The normalized spacial score (nSPS) is 10.9. The van der Waals surface area contributed by atoms with Crippen molar-refractivity contribution in [2.75, 3.05) is 5.32 Å². The molecule has 8 nitrogen and oxygen atoms in total. The summed E-state index contributed by atoms with van der Waals surface area (Å²) in [6, 6.07) is 9.42.